The number of ether oxygens (including phenoxy) is 2. The molecule has 1 heterocycles. The molecule has 0 bridgehead atoms. The number of methoxy groups -OCH3 is 1. The number of nitrogens with zero attached hydrogens (tertiary/aromatic N) is 1. The van der Waals surface area contributed by atoms with Gasteiger partial charge in [-0.05, 0) is 53.9 Å². The molecule has 0 aromatic heterocycles. The van der Waals surface area contributed by atoms with Gasteiger partial charge in [0.15, 0.2) is 11.5 Å². The Morgan fingerprint density at radius 3 is 2.46 bits per heavy atom. The number of anilines is 2. The van der Waals surface area contributed by atoms with Crippen LogP contribution in [0.2, 0.25) is 0 Å². The maximum absolute atomic E-state index is 13.2. The summed E-state index contributed by atoms with van der Waals surface area (Å²) in [6, 6.07) is 19.1. The van der Waals surface area contributed by atoms with Crippen LogP contribution >= 0.6 is 0 Å². The molecule has 0 spiro atoms. The molecule has 8 heteroatoms. The molecule has 1 aliphatic heterocycles. The minimum atomic E-state index is -0.491. The van der Waals surface area contributed by atoms with Crippen molar-refractivity contribution in [3.8, 4) is 11.5 Å². The van der Waals surface area contributed by atoms with Gasteiger partial charge in [-0.2, -0.15) is 0 Å². The van der Waals surface area contributed by atoms with E-state index in [0.717, 1.165) is 17.7 Å². The molecular weight excluding hydrogens is 449 g/mol. The van der Waals surface area contributed by atoms with Crippen LogP contribution in [0.1, 0.15) is 24.5 Å². The molecule has 3 aromatic carbocycles. The van der Waals surface area contributed by atoms with Crippen LogP contribution in [-0.2, 0) is 22.6 Å². The van der Waals surface area contributed by atoms with Crippen LogP contribution in [0.4, 0.5) is 15.8 Å². The van der Waals surface area contributed by atoms with Crippen molar-refractivity contribution in [1.82, 2.24) is 5.43 Å². The molecule has 182 valence electrons. The molecule has 3 aromatic rings. The highest BCUT2D eigenvalue weighted by molar-refractivity contribution is 6.00. The molecule has 2 N–H and O–H groups in total. The summed E-state index contributed by atoms with van der Waals surface area (Å²) < 4.78 is 24.5. The molecule has 35 heavy (non-hydrogen) atoms. The number of amides is 2. The highest BCUT2D eigenvalue weighted by atomic mass is 19.1. The van der Waals surface area contributed by atoms with Crippen LogP contribution in [0.5, 0.6) is 11.5 Å². The van der Waals surface area contributed by atoms with E-state index in [0.29, 0.717) is 23.7 Å². The molecule has 1 fully saturated rings. The average Bonchev–Trinajstić information content (AvgIpc) is 3.28. The molecule has 1 atom stereocenters. The van der Waals surface area contributed by atoms with Crippen LogP contribution in [0.15, 0.2) is 66.7 Å². The van der Waals surface area contributed by atoms with Crippen molar-refractivity contribution >= 4 is 23.2 Å². The standard InChI is InChI=1S/C27H28FN3O4/c1-3-18-9-13-22(14-10-18)31-16-20(15-25(31)32)27(33)30-29-23-5-4-6-24(34-2)26(23)35-17-19-7-11-21(28)12-8-19/h4-14,20,29H,3,15-17H2,1-2H3,(H,30,33)/t20-/m0/s1. The molecule has 4 rings (SSSR count). The number of para-hydroxylation sites is 1. The number of rotatable bonds is 9. The second-order valence-electron chi connectivity index (χ2n) is 8.29. The topological polar surface area (TPSA) is 79.9 Å². The smallest absolute Gasteiger partial charge is 0.243 e. The third kappa shape index (κ3) is 5.71. The Morgan fingerprint density at radius 1 is 1.06 bits per heavy atom. The first-order valence-corrected chi connectivity index (χ1v) is 11.5. The third-order valence-electron chi connectivity index (χ3n) is 5.97. The van der Waals surface area contributed by atoms with Crippen molar-refractivity contribution in [3.05, 3.63) is 83.7 Å². The van der Waals surface area contributed by atoms with Gasteiger partial charge in [-0.1, -0.05) is 37.3 Å². The average molecular weight is 478 g/mol. The first-order chi connectivity index (χ1) is 17.0. The van der Waals surface area contributed by atoms with Crippen molar-refractivity contribution < 1.29 is 23.5 Å². The summed E-state index contributed by atoms with van der Waals surface area (Å²) in [6.07, 6.45) is 1.06. The zero-order valence-corrected chi connectivity index (χ0v) is 19.7. The lowest BCUT2D eigenvalue weighted by molar-refractivity contribution is -0.125. The zero-order chi connectivity index (χ0) is 24.8. The van der Waals surface area contributed by atoms with Crippen LogP contribution in [0.25, 0.3) is 0 Å². The predicted octanol–water partition coefficient (Wildman–Crippen LogP) is 4.47. The number of benzene rings is 3. The maximum atomic E-state index is 13.2. The molecular formula is C27H28FN3O4. The Kier molecular flexibility index (Phi) is 7.50. The van der Waals surface area contributed by atoms with Gasteiger partial charge in [0.2, 0.25) is 11.8 Å². The lowest BCUT2D eigenvalue weighted by atomic mass is 10.1. The summed E-state index contributed by atoms with van der Waals surface area (Å²) in [5.74, 6) is -0.311. The fourth-order valence-corrected chi connectivity index (χ4v) is 3.94. The van der Waals surface area contributed by atoms with E-state index in [1.165, 1.54) is 24.8 Å². The van der Waals surface area contributed by atoms with E-state index in [1.807, 2.05) is 24.3 Å². The Balaban J connectivity index is 1.40. The van der Waals surface area contributed by atoms with Gasteiger partial charge in [0.25, 0.3) is 0 Å². The number of carbonyl (C=O) groups excluding carboxylic acids is 2. The van der Waals surface area contributed by atoms with Crippen LogP contribution in [-0.4, -0.2) is 25.5 Å². The number of hydrogen-bond acceptors (Lipinski definition) is 5. The quantitative estimate of drug-likeness (QED) is 0.445. The van der Waals surface area contributed by atoms with Gasteiger partial charge in [-0.25, -0.2) is 4.39 Å². The summed E-state index contributed by atoms with van der Waals surface area (Å²) >= 11 is 0. The summed E-state index contributed by atoms with van der Waals surface area (Å²) in [6.45, 7) is 2.57. The Labute approximate surface area is 203 Å². The van der Waals surface area contributed by atoms with Crippen molar-refractivity contribution in [2.75, 3.05) is 24.0 Å². The van der Waals surface area contributed by atoms with Crippen LogP contribution in [0, 0.1) is 11.7 Å². The molecule has 2 amide bonds. The lowest BCUT2D eigenvalue weighted by Crippen LogP contribution is -2.36. The Morgan fingerprint density at radius 2 is 1.77 bits per heavy atom. The number of nitrogens with one attached hydrogen (secondary N) is 2. The van der Waals surface area contributed by atoms with Gasteiger partial charge < -0.3 is 14.4 Å². The van der Waals surface area contributed by atoms with Crippen molar-refractivity contribution in [2.24, 2.45) is 5.92 Å². The predicted molar refractivity (Wildman–Crippen MR) is 132 cm³/mol. The van der Waals surface area contributed by atoms with Crippen molar-refractivity contribution in [1.29, 1.82) is 0 Å². The van der Waals surface area contributed by atoms with E-state index in [4.69, 9.17) is 9.47 Å². The molecule has 0 unspecified atom stereocenters. The second-order valence-corrected chi connectivity index (χ2v) is 8.29. The molecule has 0 aliphatic carbocycles. The molecule has 0 radical (unpaired) electrons. The number of aryl methyl sites for hydroxylation is 1. The minimum Gasteiger partial charge on any atom is -0.493 e. The van der Waals surface area contributed by atoms with Gasteiger partial charge in [0.05, 0.1) is 18.7 Å². The highest BCUT2D eigenvalue weighted by Crippen LogP contribution is 2.35. The molecule has 7 nitrogen and oxygen atoms in total. The number of carbonyl (C=O) groups is 2. The first-order valence-electron chi connectivity index (χ1n) is 11.5. The van der Waals surface area contributed by atoms with Gasteiger partial charge in [-0.15, -0.1) is 0 Å². The fourth-order valence-electron chi connectivity index (χ4n) is 3.94. The largest absolute Gasteiger partial charge is 0.493 e. The van der Waals surface area contributed by atoms with E-state index < -0.39 is 5.92 Å². The van der Waals surface area contributed by atoms with E-state index in [9.17, 15) is 14.0 Å². The zero-order valence-electron chi connectivity index (χ0n) is 19.7. The van der Waals surface area contributed by atoms with Gasteiger partial charge in [-0.3, -0.25) is 20.4 Å². The third-order valence-corrected chi connectivity index (χ3v) is 5.97. The molecule has 1 aliphatic rings. The number of hydrazine groups is 1. The van der Waals surface area contributed by atoms with Crippen molar-refractivity contribution in [2.45, 2.75) is 26.4 Å². The normalized spacial score (nSPS) is 15.1. The number of hydrogen-bond donors (Lipinski definition) is 2. The molecule has 0 saturated carbocycles. The fraction of sp³-hybridized carbons (Fsp3) is 0.259. The van der Waals surface area contributed by atoms with E-state index >= 15 is 0 Å². The van der Waals surface area contributed by atoms with Crippen LogP contribution < -0.4 is 25.2 Å². The van der Waals surface area contributed by atoms with E-state index in [2.05, 4.69) is 17.8 Å². The maximum Gasteiger partial charge on any atom is 0.243 e. The van der Waals surface area contributed by atoms with Gasteiger partial charge >= 0.3 is 0 Å². The van der Waals surface area contributed by atoms with Crippen molar-refractivity contribution in [3.63, 3.8) is 0 Å². The van der Waals surface area contributed by atoms with E-state index in [1.54, 1.807) is 35.2 Å². The molecule has 1 saturated heterocycles. The second kappa shape index (κ2) is 10.9. The lowest BCUT2D eigenvalue weighted by Gasteiger charge is -2.19. The number of halogens is 1. The summed E-state index contributed by atoms with van der Waals surface area (Å²) in [5.41, 5.74) is 8.85. The van der Waals surface area contributed by atoms with Gasteiger partial charge in [0, 0.05) is 18.7 Å². The van der Waals surface area contributed by atoms with Gasteiger partial charge in [0.1, 0.15) is 12.4 Å². The Bertz CT molecular complexity index is 1180. The summed E-state index contributed by atoms with van der Waals surface area (Å²) in [4.78, 5) is 27.1. The SMILES string of the molecule is CCc1ccc(N2C[C@@H](C(=O)NNc3cccc(OC)c3OCc3ccc(F)cc3)CC2=O)cc1. The Hall–Kier alpha value is -4.07. The first kappa shape index (κ1) is 24.1. The minimum absolute atomic E-state index is 0.0842. The highest BCUT2D eigenvalue weighted by Gasteiger charge is 2.35. The summed E-state index contributed by atoms with van der Waals surface area (Å²) in [7, 11) is 1.52. The monoisotopic (exact) mass is 477 g/mol. The van der Waals surface area contributed by atoms with E-state index in [-0.39, 0.29) is 30.7 Å². The summed E-state index contributed by atoms with van der Waals surface area (Å²) in [5, 5.41) is 0. The van der Waals surface area contributed by atoms with Crippen LogP contribution in [0.3, 0.4) is 0 Å².